The number of amides is 1. The number of benzene rings is 1. The van der Waals surface area contributed by atoms with E-state index in [0.717, 1.165) is 5.56 Å². The average Bonchev–Trinajstić information content (AvgIpc) is 2.47. The Morgan fingerprint density at radius 3 is 2.65 bits per heavy atom. The second-order valence-electron chi connectivity index (χ2n) is 4.32. The Morgan fingerprint density at radius 1 is 1.50 bits per heavy atom. The zero-order valence-electron chi connectivity index (χ0n) is 11.5. The number of nitriles is 1. The van der Waals surface area contributed by atoms with Crippen molar-refractivity contribution in [3.63, 3.8) is 0 Å². The number of nitrogens with zero attached hydrogens (tertiary/aromatic N) is 1. The molecule has 0 radical (unpaired) electrons. The van der Waals surface area contributed by atoms with E-state index in [0.29, 0.717) is 5.56 Å². The largest absolute Gasteiger partial charge is 0.395 e. The van der Waals surface area contributed by atoms with Crippen molar-refractivity contribution in [1.82, 2.24) is 5.32 Å². The van der Waals surface area contributed by atoms with Crippen molar-refractivity contribution >= 4 is 23.7 Å². The van der Waals surface area contributed by atoms with Crippen LogP contribution in [0.2, 0.25) is 0 Å². The van der Waals surface area contributed by atoms with E-state index in [-0.39, 0.29) is 23.8 Å². The van der Waals surface area contributed by atoms with E-state index in [9.17, 15) is 4.79 Å². The number of hydrogen-bond donors (Lipinski definition) is 2. The molecule has 0 spiro atoms. The predicted octanol–water partition coefficient (Wildman–Crippen LogP) is 1.80. The quantitative estimate of drug-likeness (QED) is 0.784. The lowest BCUT2D eigenvalue weighted by Crippen LogP contribution is -2.40. The molecule has 0 fully saturated rings. The normalized spacial score (nSPS) is 13.7. The van der Waals surface area contributed by atoms with E-state index in [1.165, 1.54) is 17.8 Å². The Kier molecular flexibility index (Phi) is 6.85. The lowest BCUT2D eigenvalue weighted by molar-refractivity contribution is -0.117. The van der Waals surface area contributed by atoms with Crippen molar-refractivity contribution in [3.8, 4) is 6.07 Å². The van der Waals surface area contributed by atoms with Crippen LogP contribution in [0.25, 0.3) is 6.08 Å². The first kappa shape index (κ1) is 16.3. The fourth-order valence-corrected chi connectivity index (χ4v) is 2.27. The van der Waals surface area contributed by atoms with Gasteiger partial charge in [-0.25, -0.2) is 0 Å². The average molecular weight is 290 g/mol. The fourth-order valence-electron chi connectivity index (χ4n) is 1.64. The molecule has 0 saturated carbocycles. The highest BCUT2D eigenvalue weighted by atomic mass is 32.2. The molecule has 0 aliphatic heterocycles. The zero-order chi connectivity index (χ0) is 15.0. The van der Waals surface area contributed by atoms with Gasteiger partial charge in [-0.1, -0.05) is 12.1 Å². The van der Waals surface area contributed by atoms with Crippen molar-refractivity contribution in [2.24, 2.45) is 0 Å². The molecule has 2 atom stereocenters. The molecule has 0 aliphatic carbocycles. The van der Waals surface area contributed by atoms with Gasteiger partial charge in [-0.05, 0) is 37.0 Å². The van der Waals surface area contributed by atoms with Gasteiger partial charge in [0, 0.05) is 17.4 Å². The van der Waals surface area contributed by atoms with Crippen LogP contribution >= 0.6 is 11.8 Å². The van der Waals surface area contributed by atoms with E-state index >= 15 is 0 Å². The molecule has 5 heteroatoms. The first-order chi connectivity index (χ1) is 9.60. The minimum atomic E-state index is -0.200. The molecule has 0 saturated heterocycles. The highest BCUT2D eigenvalue weighted by Gasteiger charge is 2.15. The number of aliphatic hydroxyl groups excluding tert-OH is 1. The Hall–Kier alpha value is -1.77. The van der Waals surface area contributed by atoms with Gasteiger partial charge in [-0.15, -0.1) is 0 Å². The molecule has 2 unspecified atom stereocenters. The number of thioether (sulfide) groups is 1. The molecule has 0 heterocycles. The van der Waals surface area contributed by atoms with Crippen LogP contribution in [-0.2, 0) is 4.79 Å². The first-order valence-corrected chi connectivity index (χ1v) is 7.52. The zero-order valence-corrected chi connectivity index (χ0v) is 12.4. The van der Waals surface area contributed by atoms with Gasteiger partial charge in [0.25, 0.3) is 0 Å². The van der Waals surface area contributed by atoms with Gasteiger partial charge in [0.1, 0.15) is 0 Å². The molecule has 2 N–H and O–H groups in total. The molecule has 1 amide bonds. The third-order valence-electron chi connectivity index (χ3n) is 2.88. The third-order valence-corrected chi connectivity index (χ3v) is 4.04. The summed E-state index contributed by atoms with van der Waals surface area (Å²) in [4.78, 5) is 11.7. The lowest BCUT2D eigenvalue weighted by Gasteiger charge is -2.20. The van der Waals surface area contributed by atoms with Crippen LogP contribution in [0.4, 0.5) is 0 Å². The minimum Gasteiger partial charge on any atom is -0.395 e. The van der Waals surface area contributed by atoms with Crippen LogP contribution in [0.1, 0.15) is 18.1 Å². The molecule has 1 aromatic carbocycles. The number of carbonyl (C=O) groups excluding carboxylic acids is 1. The molecule has 106 valence electrons. The van der Waals surface area contributed by atoms with Crippen LogP contribution in [-0.4, -0.2) is 35.2 Å². The Balaban J connectivity index is 2.56. The number of hydrogen-bond acceptors (Lipinski definition) is 4. The maximum atomic E-state index is 11.7. The van der Waals surface area contributed by atoms with Gasteiger partial charge < -0.3 is 10.4 Å². The summed E-state index contributed by atoms with van der Waals surface area (Å²) >= 11 is 1.52. The first-order valence-electron chi connectivity index (χ1n) is 6.23. The van der Waals surface area contributed by atoms with E-state index < -0.39 is 0 Å². The highest BCUT2D eigenvalue weighted by molar-refractivity contribution is 7.99. The maximum Gasteiger partial charge on any atom is 0.244 e. The smallest absolute Gasteiger partial charge is 0.244 e. The molecule has 1 rings (SSSR count). The van der Waals surface area contributed by atoms with Gasteiger partial charge >= 0.3 is 0 Å². The van der Waals surface area contributed by atoms with Gasteiger partial charge in [0.2, 0.25) is 5.91 Å². The fraction of sp³-hybridized carbons (Fsp3) is 0.333. The second-order valence-corrected chi connectivity index (χ2v) is 5.40. The van der Waals surface area contributed by atoms with Crippen molar-refractivity contribution < 1.29 is 9.90 Å². The monoisotopic (exact) mass is 290 g/mol. The number of carbonyl (C=O) groups is 1. The summed E-state index contributed by atoms with van der Waals surface area (Å²) in [5, 5.41) is 20.6. The summed E-state index contributed by atoms with van der Waals surface area (Å²) in [5.74, 6) is -0.200. The van der Waals surface area contributed by atoms with Crippen LogP contribution in [0, 0.1) is 11.3 Å². The van der Waals surface area contributed by atoms with Gasteiger partial charge in [-0.3, -0.25) is 4.79 Å². The minimum absolute atomic E-state index is 0.0118. The molecule has 1 aromatic rings. The van der Waals surface area contributed by atoms with Gasteiger partial charge in [-0.2, -0.15) is 17.0 Å². The van der Waals surface area contributed by atoms with Crippen molar-refractivity contribution in [2.45, 2.75) is 18.2 Å². The summed E-state index contributed by atoms with van der Waals surface area (Å²) in [6.07, 6.45) is 5.04. The third kappa shape index (κ3) is 5.08. The highest BCUT2D eigenvalue weighted by Crippen LogP contribution is 2.10. The Morgan fingerprint density at radius 2 is 2.15 bits per heavy atom. The Labute approximate surface area is 123 Å². The van der Waals surface area contributed by atoms with Crippen LogP contribution in [0.5, 0.6) is 0 Å². The summed E-state index contributed by atoms with van der Waals surface area (Å²) in [6, 6.07) is 8.91. The van der Waals surface area contributed by atoms with E-state index in [2.05, 4.69) is 5.32 Å². The molecular weight excluding hydrogens is 272 g/mol. The standard InChI is InChI=1S/C15H18N2O2S/c1-11(14(10-18)20-2)17-15(19)8-7-12-3-5-13(9-16)6-4-12/h3-8,11,14,18H,10H2,1-2H3,(H,17,19)/b8-7+. The molecule has 0 aromatic heterocycles. The van der Waals surface area contributed by atoms with Crippen LogP contribution in [0.3, 0.4) is 0 Å². The Bertz CT molecular complexity index is 502. The molecular formula is C15H18N2O2S. The molecule has 0 bridgehead atoms. The second kappa shape index (κ2) is 8.41. The topological polar surface area (TPSA) is 73.1 Å². The molecule has 20 heavy (non-hydrogen) atoms. The van der Waals surface area contributed by atoms with Gasteiger partial charge in [0.15, 0.2) is 0 Å². The lowest BCUT2D eigenvalue weighted by atomic mass is 10.1. The van der Waals surface area contributed by atoms with Crippen molar-refractivity contribution in [1.29, 1.82) is 5.26 Å². The van der Waals surface area contributed by atoms with Crippen molar-refractivity contribution in [3.05, 3.63) is 41.5 Å². The van der Waals surface area contributed by atoms with Gasteiger partial charge in [0.05, 0.1) is 18.2 Å². The number of nitrogens with one attached hydrogen (secondary N) is 1. The number of rotatable bonds is 6. The SMILES string of the molecule is CSC(CO)C(C)NC(=O)/C=C/c1ccc(C#N)cc1. The summed E-state index contributed by atoms with van der Waals surface area (Å²) in [7, 11) is 0. The van der Waals surface area contributed by atoms with Crippen LogP contribution in [0.15, 0.2) is 30.3 Å². The van der Waals surface area contributed by atoms with E-state index in [1.807, 2.05) is 19.2 Å². The summed E-state index contributed by atoms with van der Waals surface area (Å²) in [5.41, 5.74) is 1.45. The number of aliphatic hydroxyl groups is 1. The molecule has 4 nitrogen and oxygen atoms in total. The van der Waals surface area contributed by atoms with Crippen molar-refractivity contribution in [2.75, 3.05) is 12.9 Å². The summed E-state index contributed by atoms with van der Waals surface area (Å²) in [6.45, 7) is 1.90. The van der Waals surface area contributed by atoms with Crippen LogP contribution < -0.4 is 5.32 Å². The van der Waals surface area contributed by atoms with E-state index in [4.69, 9.17) is 10.4 Å². The molecule has 0 aliphatic rings. The maximum absolute atomic E-state index is 11.7. The van der Waals surface area contributed by atoms with E-state index in [1.54, 1.807) is 30.3 Å². The summed E-state index contributed by atoms with van der Waals surface area (Å²) < 4.78 is 0. The predicted molar refractivity (Wildman–Crippen MR) is 82.2 cm³/mol.